The minimum absolute atomic E-state index is 0.0580. The fourth-order valence-corrected chi connectivity index (χ4v) is 6.94. The lowest BCUT2D eigenvalue weighted by Gasteiger charge is -2.72. The Morgan fingerprint density at radius 1 is 0.944 bits per heavy atom. The Morgan fingerprint density at radius 3 is 2.25 bits per heavy atom. The van der Waals surface area contributed by atoms with Crippen LogP contribution in [0.2, 0.25) is 0 Å². The molecule has 3 saturated carbocycles. The molecule has 5 aliphatic rings. The second kappa shape index (κ2) is 7.50. The SMILES string of the molecule is O=C(NC(C(=O)O)C12CC(c3ccc4c(c3)OCO4)(C1)C2)OCC1c2ccccc2-c2ccccc21. The van der Waals surface area contributed by atoms with Gasteiger partial charge in [-0.2, -0.15) is 0 Å². The van der Waals surface area contributed by atoms with Crippen LogP contribution in [0.15, 0.2) is 66.7 Å². The van der Waals surface area contributed by atoms with Crippen molar-refractivity contribution in [2.24, 2.45) is 5.41 Å². The number of hydrogen-bond donors (Lipinski definition) is 2. The van der Waals surface area contributed by atoms with Crippen LogP contribution in [-0.2, 0) is 14.9 Å². The van der Waals surface area contributed by atoms with Crippen LogP contribution in [0.5, 0.6) is 11.5 Å². The zero-order chi connectivity index (χ0) is 24.5. The third kappa shape index (κ3) is 2.98. The summed E-state index contributed by atoms with van der Waals surface area (Å²) in [4.78, 5) is 25.0. The maximum absolute atomic E-state index is 12.8. The number of amides is 1. The maximum atomic E-state index is 12.8. The van der Waals surface area contributed by atoms with Gasteiger partial charge in [0.15, 0.2) is 11.5 Å². The molecule has 182 valence electrons. The minimum Gasteiger partial charge on any atom is -0.480 e. The first-order valence-corrected chi connectivity index (χ1v) is 12.2. The van der Waals surface area contributed by atoms with E-state index in [-0.39, 0.29) is 24.7 Å². The molecule has 3 fully saturated rings. The smallest absolute Gasteiger partial charge is 0.407 e. The van der Waals surface area contributed by atoms with Crippen molar-refractivity contribution in [2.45, 2.75) is 36.6 Å². The summed E-state index contributed by atoms with van der Waals surface area (Å²) in [5.74, 6) is 0.372. The zero-order valence-corrected chi connectivity index (χ0v) is 19.5. The molecular formula is C29H25NO6. The average Bonchev–Trinajstić information content (AvgIpc) is 3.42. The molecule has 2 N–H and O–H groups in total. The third-order valence-electron chi connectivity index (χ3n) is 8.52. The summed E-state index contributed by atoms with van der Waals surface area (Å²) in [5, 5.41) is 12.6. The van der Waals surface area contributed by atoms with E-state index in [2.05, 4.69) is 29.6 Å². The van der Waals surface area contributed by atoms with E-state index in [9.17, 15) is 14.7 Å². The van der Waals surface area contributed by atoms with E-state index in [1.807, 2.05) is 42.5 Å². The molecule has 1 unspecified atom stereocenters. The number of carbonyl (C=O) groups is 2. The molecule has 0 spiro atoms. The van der Waals surface area contributed by atoms with Gasteiger partial charge >= 0.3 is 12.1 Å². The third-order valence-corrected chi connectivity index (χ3v) is 8.52. The van der Waals surface area contributed by atoms with Crippen LogP contribution in [0.25, 0.3) is 11.1 Å². The van der Waals surface area contributed by atoms with Crippen molar-refractivity contribution in [1.82, 2.24) is 5.32 Å². The molecule has 8 rings (SSSR count). The number of ether oxygens (including phenoxy) is 3. The van der Waals surface area contributed by atoms with Crippen molar-refractivity contribution >= 4 is 12.1 Å². The number of carboxylic acids is 1. The summed E-state index contributed by atoms with van der Waals surface area (Å²) in [6.45, 7) is 0.376. The van der Waals surface area contributed by atoms with Crippen molar-refractivity contribution in [3.63, 3.8) is 0 Å². The standard InChI is InChI=1S/C29H25NO6/c31-26(32)25(29-13-28(14-29,15-29)17-9-10-23-24(11-17)36-16-35-23)30-27(33)34-12-22-20-7-3-1-5-18(20)19-6-2-4-8-21(19)22/h1-11,22,25H,12-16H2,(H,30,33)(H,31,32). The molecule has 0 saturated heterocycles. The Bertz CT molecular complexity index is 1350. The Hall–Kier alpha value is -4.00. The highest BCUT2D eigenvalue weighted by molar-refractivity contribution is 5.82. The second-order valence-electron chi connectivity index (χ2n) is 10.5. The molecule has 4 aliphatic carbocycles. The fraction of sp³-hybridized carbons (Fsp3) is 0.310. The molecule has 1 amide bonds. The highest BCUT2D eigenvalue weighted by atomic mass is 16.7. The van der Waals surface area contributed by atoms with Crippen molar-refractivity contribution < 1.29 is 28.9 Å². The van der Waals surface area contributed by atoms with Gasteiger partial charge in [0.25, 0.3) is 0 Å². The quantitative estimate of drug-likeness (QED) is 0.522. The normalized spacial score (nSPS) is 25.1. The number of hydrogen-bond acceptors (Lipinski definition) is 5. The lowest BCUT2D eigenvalue weighted by Crippen LogP contribution is -2.73. The molecule has 7 nitrogen and oxygen atoms in total. The predicted octanol–water partition coefficient (Wildman–Crippen LogP) is 4.83. The van der Waals surface area contributed by atoms with Gasteiger partial charge in [-0.25, -0.2) is 9.59 Å². The molecule has 36 heavy (non-hydrogen) atoms. The number of benzene rings is 3. The Labute approximate surface area is 208 Å². The van der Waals surface area contributed by atoms with Crippen molar-refractivity contribution in [1.29, 1.82) is 0 Å². The maximum Gasteiger partial charge on any atom is 0.407 e. The number of carbonyl (C=O) groups excluding carboxylic acids is 1. The van der Waals surface area contributed by atoms with Gasteiger partial charge in [0.2, 0.25) is 6.79 Å². The molecule has 3 aromatic rings. The van der Waals surface area contributed by atoms with Gasteiger partial charge in [-0.1, -0.05) is 54.6 Å². The molecular weight excluding hydrogens is 458 g/mol. The molecule has 7 heteroatoms. The van der Waals surface area contributed by atoms with E-state index in [1.165, 1.54) is 0 Å². The lowest BCUT2D eigenvalue weighted by molar-refractivity contribution is -0.183. The summed E-state index contributed by atoms with van der Waals surface area (Å²) in [5.41, 5.74) is 5.16. The van der Waals surface area contributed by atoms with E-state index in [1.54, 1.807) is 0 Å². The summed E-state index contributed by atoms with van der Waals surface area (Å²) in [7, 11) is 0. The first-order valence-electron chi connectivity index (χ1n) is 12.2. The highest BCUT2D eigenvalue weighted by Gasteiger charge is 2.72. The first kappa shape index (κ1) is 21.3. The minimum atomic E-state index is -1.03. The van der Waals surface area contributed by atoms with Gasteiger partial charge in [-0.05, 0) is 64.6 Å². The molecule has 1 heterocycles. The molecule has 0 aromatic heterocycles. The Kier molecular flexibility index (Phi) is 4.44. The number of rotatable bonds is 6. The number of aliphatic carboxylic acids is 1. The first-order chi connectivity index (χ1) is 17.5. The van der Waals surface area contributed by atoms with Crippen molar-refractivity contribution in [2.75, 3.05) is 13.4 Å². The number of alkyl carbamates (subject to hydrolysis) is 1. The van der Waals surface area contributed by atoms with Gasteiger partial charge in [0, 0.05) is 11.3 Å². The zero-order valence-electron chi connectivity index (χ0n) is 19.5. The van der Waals surface area contributed by atoms with E-state index in [0.717, 1.165) is 39.3 Å². The van der Waals surface area contributed by atoms with Crippen LogP contribution in [0.3, 0.4) is 0 Å². The van der Waals surface area contributed by atoms with E-state index < -0.39 is 23.5 Å². The second-order valence-corrected chi connectivity index (χ2v) is 10.5. The molecule has 0 radical (unpaired) electrons. The molecule has 2 bridgehead atoms. The van der Waals surface area contributed by atoms with Gasteiger partial charge < -0.3 is 24.6 Å². The average molecular weight is 484 g/mol. The highest BCUT2D eigenvalue weighted by Crippen LogP contribution is 2.75. The van der Waals surface area contributed by atoms with Gasteiger partial charge in [0.1, 0.15) is 12.6 Å². The molecule has 1 atom stereocenters. The topological polar surface area (TPSA) is 94.1 Å². The van der Waals surface area contributed by atoms with E-state index >= 15 is 0 Å². The van der Waals surface area contributed by atoms with Crippen LogP contribution < -0.4 is 14.8 Å². The summed E-state index contributed by atoms with van der Waals surface area (Å²) >= 11 is 0. The Balaban J connectivity index is 1.02. The summed E-state index contributed by atoms with van der Waals surface area (Å²) in [6.07, 6.45) is 1.44. The van der Waals surface area contributed by atoms with Crippen LogP contribution in [0, 0.1) is 5.41 Å². The summed E-state index contributed by atoms with van der Waals surface area (Å²) < 4.78 is 16.5. The van der Waals surface area contributed by atoms with Crippen molar-refractivity contribution in [3.05, 3.63) is 83.4 Å². The van der Waals surface area contributed by atoms with Crippen LogP contribution in [0.4, 0.5) is 4.79 Å². The van der Waals surface area contributed by atoms with E-state index in [4.69, 9.17) is 14.2 Å². The number of nitrogens with one attached hydrogen (secondary N) is 1. The van der Waals surface area contributed by atoms with Gasteiger partial charge in [-0.15, -0.1) is 0 Å². The number of fused-ring (bicyclic) bond motifs is 4. The van der Waals surface area contributed by atoms with Gasteiger partial charge in [0.05, 0.1) is 0 Å². The van der Waals surface area contributed by atoms with E-state index in [0.29, 0.717) is 19.3 Å². The largest absolute Gasteiger partial charge is 0.480 e. The molecule has 3 aromatic carbocycles. The van der Waals surface area contributed by atoms with Crippen LogP contribution in [0.1, 0.15) is 41.9 Å². The van der Waals surface area contributed by atoms with Crippen LogP contribution in [-0.4, -0.2) is 36.6 Å². The number of carboxylic acid groups (broad SMARTS) is 1. The summed E-state index contributed by atoms with van der Waals surface area (Å²) in [6, 6.07) is 21.2. The monoisotopic (exact) mass is 483 g/mol. The van der Waals surface area contributed by atoms with Gasteiger partial charge in [-0.3, -0.25) is 0 Å². The van der Waals surface area contributed by atoms with Crippen molar-refractivity contribution in [3.8, 4) is 22.6 Å². The van der Waals surface area contributed by atoms with Crippen LogP contribution >= 0.6 is 0 Å². The lowest BCUT2D eigenvalue weighted by atomic mass is 9.31. The Morgan fingerprint density at radius 2 is 1.58 bits per heavy atom. The predicted molar refractivity (Wildman–Crippen MR) is 130 cm³/mol. The molecule has 1 aliphatic heterocycles. The fourth-order valence-electron chi connectivity index (χ4n) is 6.94.